The molecule has 0 aliphatic carbocycles. The summed E-state index contributed by atoms with van der Waals surface area (Å²) in [6, 6.07) is 7.84. The molecule has 2 N–H and O–H groups in total. The largest absolute Gasteiger partial charge is 0.465 e. The summed E-state index contributed by atoms with van der Waals surface area (Å²) in [5, 5.41) is 2.61. The van der Waals surface area contributed by atoms with Crippen LogP contribution in [0.4, 0.5) is 5.69 Å². The van der Waals surface area contributed by atoms with Crippen molar-refractivity contribution in [3.63, 3.8) is 0 Å². The van der Waals surface area contributed by atoms with Gasteiger partial charge in [-0.25, -0.2) is 9.78 Å². The minimum atomic E-state index is -0.489. The monoisotopic (exact) mass is 347 g/mol. The van der Waals surface area contributed by atoms with E-state index >= 15 is 0 Å². The molecule has 1 heterocycles. The first kappa shape index (κ1) is 17.7. The van der Waals surface area contributed by atoms with E-state index in [9.17, 15) is 14.4 Å². The Labute approximate surface area is 142 Å². The van der Waals surface area contributed by atoms with Gasteiger partial charge in [0.2, 0.25) is 5.91 Å². The van der Waals surface area contributed by atoms with Gasteiger partial charge in [0, 0.05) is 17.4 Å². The van der Waals surface area contributed by atoms with Crippen molar-refractivity contribution in [3.8, 4) is 0 Å². The normalized spacial score (nSPS) is 11.6. The minimum absolute atomic E-state index is 0.261. The molecule has 1 aromatic heterocycles. The zero-order valence-electron chi connectivity index (χ0n) is 13.5. The number of nitrogens with zero attached hydrogens (tertiary/aromatic N) is 1. The zero-order chi connectivity index (χ0) is 17.7. The Morgan fingerprint density at radius 3 is 2.75 bits per heavy atom. The van der Waals surface area contributed by atoms with Crippen LogP contribution in [0.3, 0.4) is 0 Å². The summed E-state index contributed by atoms with van der Waals surface area (Å²) in [4.78, 5) is 42.0. The van der Waals surface area contributed by atoms with Crippen LogP contribution in [0.2, 0.25) is 0 Å². The number of carbonyl (C=O) groups excluding carboxylic acids is 2. The van der Waals surface area contributed by atoms with E-state index in [1.807, 2.05) is 0 Å². The quantitative estimate of drug-likeness (QED) is 0.487. The van der Waals surface area contributed by atoms with E-state index in [0.717, 1.165) is 11.8 Å². The molecule has 0 saturated carbocycles. The molecule has 8 heteroatoms. The van der Waals surface area contributed by atoms with E-state index in [2.05, 4.69) is 20.0 Å². The highest BCUT2D eigenvalue weighted by Gasteiger charge is 2.17. The second kappa shape index (κ2) is 7.78. The molecule has 7 nitrogen and oxygen atoms in total. The molecule has 126 valence electrons. The number of aromatic amines is 1. The number of amides is 1. The molecule has 1 amide bonds. The van der Waals surface area contributed by atoms with Crippen molar-refractivity contribution < 1.29 is 14.3 Å². The average Bonchev–Trinajstić information content (AvgIpc) is 2.53. The third kappa shape index (κ3) is 4.69. The zero-order valence-corrected chi connectivity index (χ0v) is 14.3. The number of esters is 1. The fourth-order valence-corrected chi connectivity index (χ4v) is 2.77. The Kier molecular flexibility index (Phi) is 5.75. The smallest absolute Gasteiger partial charge is 0.337 e. The van der Waals surface area contributed by atoms with Crippen molar-refractivity contribution >= 4 is 29.3 Å². The summed E-state index contributed by atoms with van der Waals surface area (Å²) in [6.45, 7) is 3.41. The maximum absolute atomic E-state index is 12.3. The number of hydrogen-bond donors (Lipinski definition) is 2. The van der Waals surface area contributed by atoms with Gasteiger partial charge >= 0.3 is 5.97 Å². The van der Waals surface area contributed by atoms with Crippen molar-refractivity contribution in [1.82, 2.24) is 9.97 Å². The fourth-order valence-electron chi connectivity index (χ4n) is 1.91. The van der Waals surface area contributed by atoms with Gasteiger partial charge in [0.1, 0.15) is 0 Å². The van der Waals surface area contributed by atoms with Crippen molar-refractivity contribution in [2.75, 3.05) is 12.4 Å². The minimum Gasteiger partial charge on any atom is -0.465 e. The van der Waals surface area contributed by atoms with Gasteiger partial charge in [-0.15, -0.1) is 0 Å². The number of aryl methyl sites for hydroxylation is 1. The van der Waals surface area contributed by atoms with E-state index in [1.165, 1.54) is 19.2 Å². The summed E-state index contributed by atoms with van der Waals surface area (Å²) in [5.41, 5.74) is 1.16. The lowest BCUT2D eigenvalue weighted by atomic mass is 10.2. The number of nitrogens with one attached hydrogen (secondary N) is 2. The predicted octanol–water partition coefficient (Wildman–Crippen LogP) is 1.98. The van der Waals surface area contributed by atoms with Crippen LogP contribution in [-0.4, -0.2) is 34.2 Å². The van der Waals surface area contributed by atoms with Crippen LogP contribution in [0.5, 0.6) is 0 Å². The number of ether oxygens (including phenoxy) is 1. The first-order valence-electron chi connectivity index (χ1n) is 7.13. The van der Waals surface area contributed by atoms with Gasteiger partial charge in [0.25, 0.3) is 5.56 Å². The summed E-state index contributed by atoms with van der Waals surface area (Å²) in [5.74, 6) is -0.749. The Bertz CT molecular complexity index is 819. The van der Waals surface area contributed by atoms with Crippen LogP contribution in [0.25, 0.3) is 0 Å². The SMILES string of the molecule is COC(=O)c1cccc(NC(=O)C(C)Sc2nc(C)cc(=O)[nH]2)c1. The highest BCUT2D eigenvalue weighted by atomic mass is 32.2. The molecule has 1 aromatic carbocycles. The molecule has 2 aromatic rings. The Balaban J connectivity index is 2.06. The van der Waals surface area contributed by atoms with E-state index in [4.69, 9.17) is 0 Å². The van der Waals surface area contributed by atoms with Gasteiger partial charge in [-0.05, 0) is 32.0 Å². The highest BCUT2D eigenvalue weighted by Crippen LogP contribution is 2.20. The van der Waals surface area contributed by atoms with Crippen LogP contribution in [0.15, 0.2) is 40.3 Å². The molecule has 0 bridgehead atoms. The maximum Gasteiger partial charge on any atom is 0.337 e. The van der Waals surface area contributed by atoms with Crippen LogP contribution in [0, 0.1) is 6.92 Å². The average molecular weight is 347 g/mol. The van der Waals surface area contributed by atoms with Gasteiger partial charge in [-0.1, -0.05) is 17.8 Å². The van der Waals surface area contributed by atoms with Gasteiger partial charge in [-0.3, -0.25) is 9.59 Å². The molecule has 1 unspecified atom stereocenters. The number of benzene rings is 1. The topological polar surface area (TPSA) is 101 Å². The fraction of sp³-hybridized carbons (Fsp3) is 0.250. The van der Waals surface area contributed by atoms with E-state index < -0.39 is 11.2 Å². The lowest BCUT2D eigenvalue weighted by Gasteiger charge is -2.12. The molecular weight excluding hydrogens is 330 g/mol. The molecule has 0 saturated heterocycles. The van der Waals surface area contributed by atoms with Crippen molar-refractivity contribution in [3.05, 3.63) is 51.9 Å². The van der Waals surface area contributed by atoms with Crippen LogP contribution < -0.4 is 10.9 Å². The molecular formula is C16H17N3O4S. The summed E-state index contributed by atoms with van der Waals surface area (Å²) in [7, 11) is 1.29. The van der Waals surface area contributed by atoms with E-state index in [-0.39, 0.29) is 11.5 Å². The Morgan fingerprint density at radius 1 is 1.33 bits per heavy atom. The molecule has 0 radical (unpaired) electrons. The van der Waals surface area contributed by atoms with Crippen LogP contribution in [-0.2, 0) is 9.53 Å². The first-order valence-corrected chi connectivity index (χ1v) is 8.01. The third-order valence-electron chi connectivity index (χ3n) is 3.06. The lowest BCUT2D eigenvalue weighted by Crippen LogP contribution is -2.23. The Hall–Kier alpha value is -2.61. The number of methoxy groups -OCH3 is 1. The number of aromatic nitrogens is 2. The van der Waals surface area contributed by atoms with Gasteiger partial charge in [0.15, 0.2) is 5.16 Å². The highest BCUT2D eigenvalue weighted by molar-refractivity contribution is 8.00. The first-order chi connectivity index (χ1) is 11.4. The van der Waals surface area contributed by atoms with Gasteiger partial charge < -0.3 is 15.0 Å². The lowest BCUT2D eigenvalue weighted by molar-refractivity contribution is -0.115. The van der Waals surface area contributed by atoms with Gasteiger partial charge in [0.05, 0.1) is 17.9 Å². The van der Waals surface area contributed by atoms with Crippen molar-refractivity contribution in [1.29, 1.82) is 0 Å². The summed E-state index contributed by atoms with van der Waals surface area (Å²) in [6.07, 6.45) is 0. The van der Waals surface area contributed by atoms with Crippen LogP contribution in [0.1, 0.15) is 23.0 Å². The third-order valence-corrected chi connectivity index (χ3v) is 4.04. The van der Waals surface area contributed by atoms with Crippen molar-refractivity contribution in [2.24, 2.45) is 0 Å². The molecule has 2 rings (SSSR count). The number of hydrogen-bond acceptors (Lipinski definition) is 6. The number of thioether (sulfide) groups is 1. The standard InChI is InChI=1S/C16H17N3O4S/c1-9-7-13(20)19-16(17-9)24-10(2)14(21)18-12-6-4-5-11(8-12)15(22)23-3/h4-8,10H,1-3H3,(H,18,21)(H,17,19,20). The molecule has 24 heavy (non-hydrogen) atoms. The second-order valence-electron chi connectivity index (χ2n) is 5.01. The molecule has 1 atom stereocenters. The molecule has 0 aliphatic heterocycles. The Morgan fingerprint density at radius 2 is 2.08 bits per heavy atom. The maximum atomic E-state index is 12.3. The number of anilines is 1. The van der Waals surface area contributed by atoms with Crippen LogP contribution >= 0.6 is 11.8 Å². The predicted molar refractivity (Wildman–Crippen MR) is 91.3 cm³/mol. The number of H-pyrrole nitrogens is 1. The summed E-state index contributed by atoms with van der Waals surface area (Å²) >= 11 is 1.14. The van der Waals surface area contributed by atoms with Crippen molar-refractivity contribution in [2.45, 2.75) is 24.3 Å². The summed E-state index contributed by atoms with van der Waals surface area (Å²) < 4.78 is 4.65. The van der Waals surface area contributed by atoms with E-state index in [1.54, 1.807) is 32.0 Å². The second-order valence-corrected chi connectivity index (χ2v) is 6.34. The molecule has 0 aliphatic rings. The van der Waals surface area contributed by atoms with Gasteiger partial charge in [-0.2, -0.15) is 0 Å². The number of carbonyl (C=O) groups is 2. The molecule has 0 spiro atoms. The number of rotatable bonds is 5. The van der Waals surface area contributed by atoms with E-state index in [0.29, 0.717) is 22.1 Å². The molecule has 0 fully saturated rings.